The van der Waals surface area contributed by atoms with Crippen LogP contribution in [-0.2, 0) is 0 Å². The van der Waals surface area contributed by atoms with Gasteiger partial charge in [0.05, 0.1) is 17.8 Å². The lowest BCUT2D eigenvalue weighted by atomic mass is 9.61. The zero-order chi connectivity index (χ0) is 22.1. The highest BCUT2D eigenvalue weighted by Gasteiger charge is 2.50. The van der Waals surface area contributed by atoms with Crippen LogP contribution in [0.15, 0.2) is 35.5 Å². The average Bonchev–Trinajstić information content (AvgIpc) is 3.01. The molecule has 3 aliphatic rings. The van der Waals surface area contributed by atoms with Gasteiger partial charge in [-0.25, -0.2) is 0 Å². The van der Waals surface area contributed by atoms with Gasteiger partial charge in [-0.05, 0) is 87.4 Å². The van der Waals surface area contributed by atoms with Crippen LogP contribution in [0.4, 0.5) is 0 Å². The normalized spacial score (nSPS) is 40.8. The number of hydrogen-bond donors (Lipinski definition) is 3. The van der Waals surface area contributed by atoms with Gasteiger partial charge in [0.15, 0.2) is 0 Å². The fourth-order valence-electron chi connectivity index (χ4n) is 6.35. The van der Waals surface area contributed by atoms with E-state index in [9.17, 15) is 15.3 Å². The standard InChI is InChI=1S/C27H44O3/c1-18(2)27(5,30)14-12-19(3)24-10-11-25-21(7-6-13-26(24,25)4)9-8-20-15-22(28)17-23(29)16-20/h8-9,12,14,18-19,22-25,28-30H,6-7,10-11,13,15-17H2,1-5H3/b14-12+,20-8?,21-9+/t19-,22-,23+,24?,25+,26-,27?/m1/s1. The first-order valence-corrected chi connectivity index (χ1v) is 12.2. The molecule has 0 aliphatic heterocycles. The molecule has 0 radical (unpaired) electrons. The molecule has 3 fully saturated rings. The summed E-state index contributed by atoms with van der Waals surface area (Å²) in [6, 6.07) is 0. The predicted molar refractivity (Wildman–Crippen MR) is 124 cm³/mol. The second kappa shape index (κ2) is 9.30. The van der Waals surface area contributed by atoms with E-state index in [4.69, 9.17) is 0 Å². The van der Waals surface area contributed by atoms with Crippen LogP contribution >= 0.6 is 0 Å². The van der Waals surface area contributed by atoms with Gasteiger partial charge in [0.25, 0.3) is 0 Å². The van der Waals surface area contributed by atoms with Crippen molar-refractivity contribution in [3.05, 3.63) is 35.5 Å². The number of hydrogen-bond acceptors (Lipinski definition) is 3. The molecule has 3 saturated carbocycles. The molecule has 0 aromatic rings. The average molecular weight is 417 g/mol. The maximum atomic E-state index is 10.6. The fourth-order valence-corrected chi connectivity index (χ4v) is 6.35. The van der Waals surface area contributed by atoms with E-state index in [1.54, 1.807) is 5.57 Å². The Morgan fingerprint density at radius 1 is 1.07 bits per heavy atom. The van der Waals surface area contributed by atoms with Crippen LogP contribution in [0.5, 0.6) is 0 Å². The van der Waals surface area contributed by atoms with Crippen LogP contribution in [0.3, 0.4) is 0 Å². The van der Waals surface area contributed by atoms with Crippen LogP contribution in [0, 0.1) is 29.1 Å². The van der Waals surface area contributed by atoms with Crippen LogP contribution in [0.1, 0.15) is 86.0 Å². The molecule has 3 rings (SSSR count). The number of allylic oxidation sites excluding steroid dienone is 4. The monoisotopic (exact) mass is 416 g/mol. The summed E-state index contributed by atoms with van der Waals surface area (Å²) in [5, 5.41) is 30.6. The molecule has 7 atom stereocenters. The van der Waals surface area contributed by atoms with Crippen molar-refractivity contribution in [2.24, 2.45) is 29.1 Å². The molecular formula is C27H44O3. The highest BCUT2D eigenvalue weighted by atomic mass is 16.3. The quantitative estimate of drug-likeness (QED) is 0.514. The van der Waals surface area contributed by atoms with Gasteiger partial charge in [0.2, 0.25) is 0 Å². The smallest absolute Gasteiger partial charge is 0.0822 e. The van der Waals surface area contributed by atoms with E-state index in [2.05, 4.69) is 45.9 Å². The summed E-state index contributed by atoms with van der Waals surface area (Å²) in [5.41, 5.74) is 2.33. The molecule has 30 heavy (non-hydrogen) atoms. The Hall–Kier alpha value is -0.900. The largest absolute Gasteiger partial charge is 0.393 e. The lowest BCUT2D eigenvalue weighted by Gasteiger charge is -2.44. The van der Waals surface area contributed by atoms with Gasteiger partial charge in [-0.3, -0.25) is 0 Å². The van der Waals surface area contributed by atoms with Gasteiger partial charge in [-0.15, -0.1) is 0 Å². The molecule has 3 aliphatic carbocycles. The Labute approximate surface area is 184 Å². The van der Waals surface area contributed by atoms with Crippen LogP contribution in [0.2, 0.25) is 0 Å². The second-order valence-corrected chi connectivity index (χ2v) is 11.2. The minimum Gasteiger partial charge on any atom is -0.393 e. The third-order valence-corrected chi connectivity index (χ3v) is 8.65. The predicted octanol–water partition coefficient (Wildman–Crippen LogP) is 5.56. The number of aliphatic hydroxyl groups is 3. The second-order valence-electron chi connectivity index (χ2n) is 11.2. The van der Waals surface area contributed by atoms with E-state index in [1.165, 1.54) is 37.7 Å². The van der Waals surface area contributed by atoms with Gasteiger partial charge in [0, 0.05) is 0 Å². The lowest BCUT2D eigenvalue weighted by Crippen LogP contribution is -2.36. The molecule has 0 aromatic heterocycles. The molecule has 0 amide bonds. The van der Waals surface area contributed by atoms with Crippen molar-refractivity contribution < 1.29 is 15.3 Å². The first kappa shape index (κ1) is 23.8. The van der Waals surface area contributed by atoms with Crippen molar-refractivity contribution in [1.29, 1.82) is 0 Å². The molecule has 170 valence electrons. The Kier molecular flexibility index (Phi) is 7.37. The maximum absolute atomic E-state index is 10.6. The first-order valence-electron chi connectivity index (χ1n) is 12.2. The minimum atomic E-state index is -0.744. The molecule has 3 nitrogen and oxygen atoms in total. The third kappa shape index (κ3) is 5.11. The van der Waals surface area contributed by atoms with Crippen molar-refractivity contribution in [3.8, 4) is 0 Å². The molecule has 0 aromatic carbocycles. The van der Waals surface area contributed by atoms with Gasteiger partial charge in [-0.2, -0.15) is 0 Å². The molecule has 2 unspecified atom stereocenters. The molecule has 0 bridgehead atoms. The zero-order valence-corrected chi connectivity index (χ0v) is 19.8. The Morgan fingerprint density at radius 2 is 1.73 bits per heavy atom. The van der Waals surface area contributed by atoms with Crippen molar-refractivity contribution in [3.63, 3.8) is 0 Å². The summed E-state index contributed by atoms with van der Waals surface area (Å²) in [5.74, 6) is 1.96. The molecule has 3 heteroatoms. The summed E-state index contributed by atoms with van der Waals surface area (Å²) in [6.07, 6.45) is 16.1. The van der Waals surface area contributed by atoms with Crippen molar-refractivity contribution in [2.75, 3.05) is 0 Å². The summed E-state index contributed by atoms with van der Waals surface area (Å²) >= 11 is 0. The zero-order valence-electron chi connectivity index (χ0n) is 19.8. The summed E-state index contributed by atoms with van der Waals surface area (Å²) in [6.45, 7) is 10.9. The number of rotatable bonds is 5. The highest BCUT2D eigenvalue weighted by Crippen LogP contribution is 2.59. The van der Waals surface area contributed by atoms with E-state index >= 15 is 0 Å². The summed E-state index contributed by atoms with van der Waals surface area (Å²) < 4.78 is 0. The van der Waals surface area contributed by atoms with Gasteiger partial charge >= 0.3 is 0 Å². The molecule has 0 saturated heterocycles. The van der Waals surface area contributed by atoms with E-state index in [1.807, 2.05) is 13.0 Å². The van der Waals surface area contributed by atoms with E-state index < -0.39 is 17.8 Å². The minimum absolute atomic E-state index is 0.210. The summed E-state index contributed by atoms with van der Waals surface area (Å²) in [4.78, 5) is 0. The topological polar surface area (TPSA) is 60.7 Å². The van der Waals surface area contributed by atoms with Crippen LogP contribution < -0.4 is 0 Å². The van der Waals surface area contributed by atoms with E-state index in [-0.39, 0.29) is 5.92 Å². The first-order chi connectivity index (χ1) is 14.0. The SMILES string of the molecule is CC(C)C(C)(O)/C=C/[C@@H](C)C1CC[C@H]2/C(=C/C=C3C[C@@H](O)C[C@@H](O)C3)CCC[C@]12C. The van der Waals surface area contributed by atoms with Crippen LogP contribution in [-0.4, -0.2) is 33.1 Å². The van der Waals surface area contributed by atoms with Crippen molar-refractivity contribution in [2.45, 2.75) is 104 Å². The molecule has 0 spiro atoms. The number of aliphatic hydroxyl groups excluding tert-OH is 2. The molecule has 3 N–H and O–H groups in total. The number of fused-ring (bicyclic) bond motifs is 1. The maximum Gasteiger partial charge on any atom is 0.0822 e. The lowest BCUT2D eigenvalue weighted by molar-refractivity contribution is 0.0605. The van der Waals surface area contributed by atoms with E-state index in [0.717, 1.165) is 0 Å². The third-order valence-electron chi connectivity index (χ3n) is 8.65. The Morgan fingerprint density at radius 3 is 2.37 bits per heavy atom. The van der Waals surface area contributed by atoms with Gasteiger partial charge in [0.1, 0.15) is 0 Å². The Balaban J connectivity index is 1.74. The van der Waals surface area contributed by atoms with Gasteiger partial charge < -0.3 is 15.3 Å². The highest BCUT2D eigenvalue weighted by molar-refractivity contribution is 5.26. The van der Waals surface area contributed by atoms with Gasteiger partial charge in [-0.1, -0.05) is 63.1 Å². The van der Waals surface area contributed by atoms with Crippen LogP contribution in [0.25, 0.3) is 0 Å². The van der Waals surface area contributed by atoms with E-state index in [0.29, 0.717) is 42.4 Å². The van der Waals surface area contributed by atoms with Crippen molar-refractivity contribution in [1.82, 2.24) is 0 Å². The fraction of sp³-hybridized carbons (Fsp3) is 0.778. The summed E-state index contributed by atoms with van der Waals surface area (Å²) in [7, 11) is 0. The van der Waals surface area contributed by atoms with Crippen molar-refractivity contribution >= 4 is 0 Å². The molecular weight excluding hydrogens is 372 g/mol. The Bertz CT molecular complexity index is 674. The molecule has 0 heterocycles.